The first-order valence-corrected chi connectivity index (χ1v) is 7.23. The molecule has 1 aromatic rings. The molecule has 3 N–H and O–H groups in total. The summed E-state index contributed by atoms with van der Waals surface area (Å²) in [6, 6.07) is 8.25. The lowest BCUT2D eigenvalue weighted by Crippen LogP contribution is -2.50. The lowest BCUT2D eigenvalue weighted by Gasteiger charge is -2.41. The van der Waals surface area contributed by atoms with Crippen LogP contribution in [0.25, 0.3) is 0 Å². The van der Waals surface area contributed by atoms with Crippen molar-refractivity contribution in [3.8, 4) is 0 Å². The molecule has 0 bridgehead atoms. The molecule has 2 rings (SSSR count). The van der Waals surface area contributed by atoms with Gasteiger partial charge in [-0.15, -0.1) is 0 Å². The minimum atomic E-state index is -0.0211. The fraction of sp³-hybridized carbons (Fsp3) is 0.571. The van der Waals surface area contributed by atoms with E-state index in [9.17, 15) is 0 Å². The Hall–Kier alpha value is -0.580. The minimum absolute atomic E-state index is 0.0211. The fourth-order valence-corrected chi connectivity index (χ4v) is 2.96. The van der Waals surface area contributed by atoms with E-state index in [1.54, 1.807) is 7.11 Å². The number of rotatable bonds is 4. The van der Waals surface area contributed by atoms with Crippen LogP contribution in [0.5, 0.6) is 0 Å². The predicted molar refractivity (Wildman–Crippen MR) is 78.8 cm³/mol. The normalized spacial score (nSPS) is 28.1. The summed E-state index contributed by atoms with van der Waals surface area (Å²) in [6.07, 6.45) is 4.72. The van der Waals surface area contributed by atoms with Gasteiger partial charge in [-0.2, -0.15) is 0 Å². The molecule has 1 saturated carbocycles. The van der Waals surface area contributed by atoms with Gasteiger partial charge < -0.3 is 15.8 Å². The van der Waals surface area contributed by atoms with Crippen molar-refractivity contribution in [1.29, 1.82) is 0 Å². The molecule has 0 aromatic heterocycles. The van der Waals surface area contributed by atoms with Crippen molar-refractivity contribution >= 4 is 21.6 Å². The lowest BCUT2D eigenvalue weighted by atomic mass is 9.80. The monoisotopic (exact) mass is 312 g/mol. The third kappa shape index (κ3) is 3.25. The summed E-state index contributed by atoms with van der Waals surface area (Å²) in [4.78, 5) is 0. The standard InChI is InChI=1S/C14H21BrN2O/c1-18-13-3-2-8-14(9-13,10-16)17-12-6-4-11(15)5-7-12/h4-7,13,17H,2-3,8-10,16H2,1H3. The molecule has 0 radical (unpaired) electrons. The van der Waals surface area contributed by atoms with Gasteiger partial charge in [-0.1, -0.05) is 15.9 Å². The number of benzene rings is 1. The van der Waals surface area contributed by atoms with Crippen molar-refractivity contribution in [2.45, 2.75) is 37.3 Å². The van der Waals surface area contributed by atoms with E-state index in [0.29, 0.717) is 12.6 Å². The van der Waals surface area contributed by atoms with Gasteiger partial charge in [0.15, 0.2) is 0 Å². The highest BCUT2D eigenvalue weighted by Gasteiger charge is 2.35. The molecular weight excluding hydrogens is 292 g/mol. The first kappa shape index (κ1) is 13.8. The average molecular weight is 313 g/mol. The van der Waals surface area contributed by atoms with Crippen molar-refractivity contribution in [3.05, 3.63) is 28.7 Å². The highest BCUT2D eigenvalue weighted by Crippen LogP contribution is 2.32. The second kappa shape index (κ2) is 6.04. The van der Waals surface area contributed by atoms with E-state index in [-0.39, 0.29) is 5.54 Å². The first-order valence-electron chi connectivity index (χ1n) is 6.44. The zero-order chi connectivity index (χ0) is 13.0. The molecule has 18 heavy (non-hydrogen) atoms. The van der Waals surface area contributed by atoms with Crippen LogP contribution in [0.1, 0.15) is 25.7 Å². The van der Waals surface area contributed by atoms with Crippen molar-refractivity contribution in [1.82, 2.24) is 0 Å². The van der Waals surface area contributed by atoms with Crippen LogP contribution in [-0.4, -0.2) is 25.3 Å². The van der Waals surface area contributed by atoms with Crippen molar-refractivity contribution in [2.24, 2.45) is 5.73 Å². The van der Waals surface area contributed by atoms with Gasteiger partial charge in [-0.25, -0.2) is 0 Å². The van der Waals surface area contributed by atoms with Crippen molar-refractivity contribution < 1.29 is 4.74 Å². The molecule has 4 heteroatoms. The number of nitrogens with one attached hydrogen (secondary N) is 1. The Morgan fingerprint density at radius 3 is 2.78 bits per heavy atom. The van der Waals surface area contributed by atoms with Gasteiger partial charge in [0.1, 0.15) is 0 Å². The molecule has 2 atom stereocenters. The van der Waals surface area contributed by atoms with Gasteiger partial charge in [-0.3, -0.25) is 0 Å². The molecule has 0 spiro atoms. The third-order valence-electron chi connectivity index (χ3n) is 3.78. The van der Waals surface area contributed by atoms with Gasteiger partial charge in [0, 0.05) is 23.8 Å². The van der Waals surface area contributed by atoms with Gasteiger partial charge >= 0.3 is 0 Å². The Bertz CT molecular complexity index is 382. The van der Waals surface area contributed by atoms with E-state index in [4.69, 9.17) is 10.5 Å². The van der Waals surface area contributed by atoms with Crippen LogP contribution in [-0.2, 0) is 4.74 Å². The molecule has 100 valence electrons. The molecule has 0 aliphatic heterocycles. The highest BCUT2D eigenvalue weighted by molar-refractivity contribution is 9.10. The summed E-state index contributed by atoms with van der Waals surface area (Å²) in [5.74, 6) is 0. The molecule has 1 aromatic carbocycles. The maximum Gasteiger partial charge on any atom is 0.0594 e. The molecule has 1 aliphatic rings. The Labute approximate surface area is 117 Å². The molecular formula is C14H21BrN2O. The topological polar surface area (TPSA) is 47.3 Å². The van der Waals surface area contributed by atoms with E-state index >= 15 is 0 Å². The number of nitrogens with two attached hydrogens (primary N) is 1. The molecule has 0 saturated heterocycles. The maximum atomic E-state index is 6.01. The smallest absolute Gasteiger partial charge is 0.0594 e. The van der Waals surface area contributed by atoms with Gasteiger partial charge in [0.05, 0.1) is 11.6 Å². The average Bonchev–Trinajstić information content (AvgIpc) is 2.42. The second-order valence-electron chi connectivity index (χ2n) is 5.07. The zero-order valence-corrected chi connectivity index (χ0v) is 12.4. The number of hydrogen-bond donors (Lipinski definition) is 2. The number of hydrogen-bond acceptors (Lipinski definition) is 3. The zero-order valence-electron chi connectivity index (χ0n) is 10.8. The van der Waals surface area contributed by atoms with Gasteiger partial charge in [0.25, 0.3) is 0 Å². The Morgan fingerprint density at radius 1 is 1.44 bits per heavy atom. The molecule has 0 amide bonds. The molecule has 1 aliphatic carbocycles. The second-order valence-corrected chi connectivity index (χ2v) is 5.99. The Kier molecular flexibility index (Phi) is 4.65. The summed E-state index contributed by atoms with van der Waals surface area (Å²) < 4.78 is 6.59. The number of halogens is 1. The fourth-order valence-electron chi connectivity index (χ4n) is 2.70. The third-order valence-corrected chi connectivity index (χ3v) is 4.31. The quantitative estimate of drug-likeness (QED) is 0.898. The highest BCUT2D eigenvalue weighted by atomic mass is 79.9. The van der Waals surface area contributed by atoms with E-state index in [1.165, 1.54) is 6.42 Å². The Morgan fingerprint density at radius 2 is 2.17 bits per heavy atom. The summed E-state index contributed by atoms with van der Waals surface area (Å²) in [6.45, 7) is 0.642. The number of ether oxygens (including phenoxy) is 1. The number of anilines is 1. The summed E-state index contributed by atoms with van der Waals surface area (Å²) in [5, 5.41) is 3.61. The summed E-state index contributed by atoms with van der Waals surface area (Å²) in [7, 11) is 1.79. The molecule has 3 nitrogen and oxygen atoms in total. The van der Waals surface area contributed by atoms with E-state index in [1.807, 2.05) is 12.1 Å². The largest absolute Gasteiger partial charge is 0.381 e. The van der Waals surface area contributed by atoms with E-state index in [0.717, 1.165) is 29.4 Å². The van der Waals surface area contributed by atoms with Crippen LogP contribution in [0.15, 0.2) is 28.7 Å². The van der Waals surface area contributed by atoms with Crippen LogP contribution in [0.4, 0.5) is 5.69 Å². The number of methoxy groups -OCH3 is 1. The SMILES string of the molecule is COC1CCCC(CN)(Nc2ccc(Br)cc2)C1. The summed E-state index contributed by atoms with van der Waals surface area (Å²) >= 11 is 3.45. The van der Waals surface area contributed by atoms with E-state index < -0.39 is 0 Å². The molecule has 2 unspecified atom stereocenters. The predicted octanol–water partition coefficient (Wildman–Crippen LogP) is 3.15. The lowest BCUT2D eigenvalue weighted by molar-refractivity contribution is 0.0483. The Balaban J connectivity index is 2.09. The summed E-state index contributed by atoms with van der Waals surface area (Å²) in [5.41, 5.74) is 7.11. The van der Waals surface area contributed by atoms with E-state index in [2.05, 4.69) is 33.4 Å². The first-order chi connectivity index (χ1) is 8.67. The molecule has 1 fully saturated rings. The van der Waals surface area contributed by atoms with Crippen LogP contribution < -0.4 is 11.1 Å². The van der Waals surface area contributed by atoms with Crippen molar-refractivity contribution in [3.63, 3.8) is 0 Å². The van der Waals surface area contributed by atoms with Gasteiger partial charge in [0.2, 0.25) is 0 Å². The van der Waals surface area contributed by atoms with Gasteiger partial charge in [-0.05, 0) is 49.9 Å². The van der Waals surface area contributed by atoms with Crippen molar-refractivity contribution in [2.75, 3.05) is 19.0 Å². The maximum absolute atomic E-state index is 6.01. The van der Waals surface area contributed by atoms with Crippen LogP contribution in [0, 0.1) is 0 Å². The van der Waals surface area contributed by atoms with Crippen LogP contribution in [0.2, 0.25) is 0 Å². The van der Waals surface area contributed by atoms with Crippen LogP contribution in [0.3, 0.4) is 0 Å². The molecule has 0 heterocycles. The minimum Gasteiger partial charge on any atom is -0.381 e. The van der Waals surface area contributed by atoms with Crippen LogP contribution >= 0.6 is 15.9 Å².